The molecule has 2 aromatic rings. The summed E-state index contributed by atoms with van der Waals surface area (Å²) in [7, 11) is -3.28. The SMILES string of the molecule is COc1ccc(C(=O)O)cc1S(=O)(=O)Nc1cc(C(F)(F)F)ccc1N1CCCCC1C. The summed E-state index contributed by atoms with van der Waals surface area (Å²) in [6, 6.07) is 6.19. The minimum atomic E-state index is -4.67. The molecule has 0 bridgehead atoms. The number of benzene rings is 2. The average Bonchev–Trinajstić information content (AvgIpc) is 2.73. The van der Waals surface area contributed by atoms with E-state index < -0.39 is 32.6 Å². The van der Waals surface area contributed by atoms with E-state index in [1.807, 2.05) is 11.8 Å². The number of anilines is 2. The Morgan fingerprint density at radius 2 is 1.91 bits per heavy atom. The van der Waals surface area contributed by atoms with Crippen LogP contribution in [0.3, 0.4) is 0 Å². The molecule has 32 heavy (non-hydrogen) atoms. The number of alkyl halides is 3. The highest BCUT2D eigenvalue weighted by atomic mass is 32.2. The molecule has 2 aromatic carbocycles. The minimum Gasteiger partial charge on any atom is -0.495 e. The Morgan fingerprint density at radius 3 is 2.50 bits per heavy atom. The van der Waals surface area contributed by atoms with Gasteiger partial charge in [-0.15, -0.1) is 0 Å². The highest BCUT2D eigenvalue weighted by Crippen LogP contribution is 2.39. The first kappa shape index (κ1) is 23.7. The fourth-order valence-electron chi connectivity index (χ4n) is 3.72. The maximum Gasteiger partial charge on any atom is 0.416 e. The molecule has 1 atom stereocenters. The van der Waals surface area contributed by atoms with E-state index in [0.717, 1.165) is 37.5 Å². The third-order valence-corrected chi connectivity index (χ3v) is 6.77. The van der Waals surface area contributed by atoms with Gasteiger partial charge in [0.05, 0.1) is 29.6 Å². The van der Waals surface area contributed by atoms with Crippen LogP contribution in [-0.2, 0) is 16.2 Å². The van der Waals surface area contributed by atoms with Crippen molar-refractivity contribution in [2.45, 2.75) is 43.3 Å². The number of rotatable bonds is 6. The van der Waals surface area contributed by atoms with Gasteiger partial charge < -0.3 is 14.7 Å². The smallest absolute Gasteiger partial charge is 0.416 e. The summed E-state index contributed by atoms with van der Waals surface area (Å²) < 4.78 is 73.7. The zero-order valence-corrected chi connectivity index (χ0v) is 18.3. The van der Waals surface area contributed by atoms with Gasteiger partial charge in [0.1, 0.15) is 10.6 Å². The molecule has 174 valence electrons. The topological polar surface area (TPSA) is 95.9 Å². The van der Waals surface area contributed by atoms with Crippen molar-refractivity contribution in [2.75, 3.05) is 23.3 Å². The molecule has 1 aliphatic rings. The summed E-state index contributed by atoms with van der Waals surface area (Å²) in [5, 5.41) is 9.21. The molecule has 0 spiro atoms. The summed E-state index contributed by atoms with van der Waals surface area (Å²) in [6.07, 6.45) is -2.06. The van der Waals surface area contributed by atoms with Gasteiger partial charge >= 0.3 is 12.1 Å². The second-order valence-electron chi connectivity index (χ2n) is 7.54. The number of carboxylic acid groups (broad SMARTS) is 1. The molecule has 3 rings (SSSR count). The summed E-state index contributed by atoms with van der Waals surface area (Å²) in [4.78, 5) is 12.7. The lowest BCUT2D eigenvalue weighted by Gasteiger charge is -2.36. The van der Waals surface area contributed by atoms with Crippen molar-refractivity contribution in [3.8, 4) is 5.75 Å². The number of ether oxygens (including phenoxy) is 1. The number of sulfonamides is 1. The zero-order valence-electron chi connectivity index (χ0n) is 17.4. The van der Waals surface area contributed by atoms with Crippen LogP contribution in [0.1, 0.15) is 42.1 Å². The Labute approximate surface area is 183 Å². The molecule has 7 nitrogen and oxygen atoms in total. The lowest BCUT2D eigenvalue weighted by Crippen LogP contribution is -2.38. The number of hydrogen-bond acceptors (Lipinski definition) is 5. The lowest BCUT2D eigenvalue weighted by atomic mass is 10.0. The lowest BCUT2D eigenvalue weighted by molar-refractivity contribution is -0.137. The Bertz CT molecular complexity index is 1120. The van der Waals surface area contributed by atoms with Gasteiger partial charge in [0.25, 0.3) is 10.0 Å². The predicted octanol–water partition coefficient (Wildman–Crippen LogP) is 4.59. The fraction of sp³-hybridized carbons (Fsp3) is 0.381. The maximum absolute atomic E-state index is 13.4. The number of piperidine rings is 1. The maximum atomic E-state index is 13.4. The third-order valence-electron chi connectivity index (χ3n) is 5.38. The highest BCUT2D eigenvalue weighted by molar-refractivity contribution is 7.92. The second kappa shape index (κ2) is 8.89. The van der Waals surface area contributed by atoms with Crippen LogP contribution in [0.15, 0.2) is 41.3 Å². The number of halogens is 3. The van der Waals surface area contributed by atoms with Gasteiger partial charge in [-0.2, -0.15) is 13.2 Å². The van der Waals surface area contributed by atoms with Crippen LogP contribution >= 0.6 is 0 Å². The van der Waals surface area contributed by atoms with Crippen molar-refractivity contribution >= 4 is 27.4 Å². The zero-order chi connectivity index (χ0) is 23.7. The van der Waals surface area contributed by atoms with Crippen LogP contribution in [0.25, 0.3) is 0 Å². The number of carbonyl (C=O) groups is 1. The van der Waals surface area contributed by atoms with Gasteiger partial charge in [0, 0.05) is 12.6 Å². The minimum absolute atomic E-state index is 0.00798. The van der Waals surface area contributed by atoms with Crippen LogP contribution in [0.2, 0.25) is 0 Å². The molecule has 1 unspecified atom stereocenters. The summed E-state index contributed by atoms with van der Waals surface area (Å²) >= 11 is 0. The first-order valence-corrected chi connectivity index (χ1v) is 11.3. The number of hydrogen-bond donors (Lipinski definition) is 2. The molecule has 0 aromatic heterocycles. The first-order chi connectivity index (χ1) is 14.9. The fourth-order valence-corrected chi connectivity index (χ4v) is 4.98. The van der Waals surface area contributed by atoms with Crippen LogP contribution in [-0.4, -0.2) is 39.2 Å². The number of carboxylic acids is 1. The van der Waals surface area contributed by atoms with Crippen molar-refractivity contribution in [3.63, 3.8) is 0 Å². The summed E-state index contributed by atoms with van der Waals surface area (Å²) in [5.74, 6) is -1.49. The molecule has 1 aliphatic heterocycles. The Balaban J connectivity index is 2.12. The van der Waals surface area contributed by atoms with Crippen LogP contribution in [0.4, 0.5) is 24.5 Å². The van der Waals surface area contributed by atoms with Gasteiger partial charge in [-0.1, -0.05) is 0 Å². The third kappa shape index (κ3) is 4.93. The average molecular weight is 472 g/mol. The van der Waals surface area contributed by atoms with Gasteiger partial charge in [0.15, 0.2) is 0 Å². The van der Waals surface area contributed by atoms with Crippen LogP contribution in [0.5, 0.6) is 5.75 Å². The predicted molar refractivity (Wildman–Crippen MR) is 113 cm³/mol. The number of aromatic carboxylic acids is 1. The Morgan fingerprint density at radius 1 is 1.19 bits per heavy atom. The highest BCUT2D eigenvalue weighted by Gasteiger charge is 2.33. The van der Waals surface area contributed by atoms with Crippen molar-refractivity contribution < 1.29 is 36.2 Å². The van der Waals surface area contributed by atoms with E-state index in [2.05, 4.69) is 4.72 Å². The quantitative estimate of drug-likeness (QED) is 0.639. The van der Waals surface area contributed by atoms with Crippen LogP contribution < -0.4 is 14.4 Å². The standard InChI is InChI=1S/C21H23F3N2O5S/c1-13-5-3-4-10-26(13)17-8-7-15(21(22,23)24)12-16(17)25-32(29,30)19-11-14(20(27)28)6-9-18(19)31-2/h6-9,11-13,25H,3-5,10H2,1-2H3,(H,27,28). The van der Waals surface area contributed by atoms with E-state index in [4.69, 9.17) is 4.74 Å². The Kier molecular flexibility index (Phi) is 6.59. The molecular formula is C21H23F3N2O5S. The van der Waals surface area contributed by atoms with Crippen molar-refractivity contribution in [3.05, 3.63) is 47.5 Å². The van der Waals surface area contributed by atoms with Crippen LogP contribution in [0, 0.1) is 0 Å². The van der Waals surface area contributed by atoms with Gasteiger partial charge in [-0.3, -0.25) is 4.72 Å². The molecule has 0 aliphatic carbocycles. The number of nitrogens with zero attached hydrogens (tertiary/aromatic N) is 1. The molecule has 2 N–H and O–H groups in total. The molecule has 0 radical (unpaired) electrons. The molecule has 11 heteroatoms. The molecule has 1 heterocycles. The Hall–Kier alpha value is -2.95. The van der Waals surface area contributed by atoms with Gasteiger partial charge in [-0.25, -0.2) is 13.2 Å². The summed E-state index contributed by atoms with van der Waals surface area (Å²) in [6.45, 7) is 2.49. The number of nitrogens with one attached hydrogen (secondary N) is 1. The van der Waals surface area contributed by atoms with E-state index in [1.165, 1.54) is 25.3 Å². The second-order valence-corrected chi connectivity index (χ2v) is 9.19. The van der Waals surface area contributed by atoms with Gasteiger partial charge in [0.2, 0.25) is 0 Å². The van der Waals surface area contributed by atoms with E-state index in [0.29, 0.717) is 12.2 Å². The van der Waals surface area contributed by atoms with Crippen molar-refractivity contribution in [1.82, 2.24) is 0 Å². The number of methoxy groups -OCH3 is 1. The van der Waals surface area contributed by atoms with Crippen molar-refractivity contribution in [1.29, 1.82) is 0 Å². The molecule has 1 saturated heterocycles. The molecule has 0 saturated carbocycles. The molecule has 0 amide bonds. The van der Waals surface area contributed by atoms with Crippen molar-refractivity contribution in [2.24, 2.45) is 0 Å². The first-order valence-electron chi connectivity index (χ1n) is 9.86. The van der Waals surface area contributed by atoms with Gasteiger partial charge in [-0.05, 0) is 62.6 Å². The normalized spacial score (nSPS) is 17.2. The molecular weight excluding hydrogens is 449 g/mol. The largest absolute Gasteiger partial charge is 0.495 e. The molecule has 1 fully saturated rings. The van der Waals surface area contributed by atoms with E-state index >= 15 is 0 Å². The van der Waals surface area contributed by atoms with E-state index in [-0.39, 0.29) is 23.0 Å². The summed E-state index contributed by atoms with van der Waals surface area (Å²) in [5.41, 5.74) is -1.23. The van der Waals surface area contributed by atoms with E-state index in [9.17, 15) is 31.5 Å². The van der Waals surface area contributed by atoms with E-state index in [1.54, 1.807) is 0 Å². The monoisotopic (exact) mass is 472 g/mol.